The number of imidazole rings is 1. The third-order valence-corrected chi connectivity index (χ3v) is 7.60. The van der Waals surface area contributed by atoms with Crippen molar-refractivity contribution in [3.05, 3.63) is 59.7 Å². The summed E-state index contributed by atoms with van der Waals surface area (Å²) in [6.07, 6.45) is 8.25. The molecule has 6 heterocycles. The summed E-state index contributed by atoms with van der Waals surface area (Å²) in [7, 11) is 0. The molecule has 0 bridgehead atoms. The summed E-state index contributed by atoms with van der Waals surface area (Å²) in [5, 5.41) is 10.2. The van der Waals surface area contributed by atoms with Gasteiger partial charge in [-0.25, -0.2) is 9.37 Å². The molecule has 0 saturated carbocycles. The number of ketones is 1. The van der Waals surface area contributed by atoms with Crippen molar-refractivity contribution in [1.82, 2.24) is 35.1 Å². The molecular weight excluding hydrogens is 531 g/mol. The monoisotopic (exact) mass is 554 g/mol. The Morgan fingerprint density at radius 1 is 1.05 bits per heavy atom. The molecule has 0 spiro atoms. The smallest absolute Gasteiger partial charge is 0.224 e. The number of H-pyrrole nitrogens is 2. The minimum atomic E-state index is -0.597. The zero-order valence-corrected chi connectivity index (χ0v) is 22.4. The number of carbonyl (C=O) groups excluding carboxylic acids is 2. The molecule has 0 aliphatic rings. The molecule has 10 nitrogen and oxygen atoms in total. The fourth-order valence-electron chi connectivity index (χ4n) is 4.43. The van der Waals surface area contributed by atoms with Gasteiger partial charge in [0.1, 0.15) is 22.6 Å². The highest BCUT2D eigenvalue weighted by atomic mass is 32.1. The first-order chi connectivity index (χ1) is 19.4. The van der Waals surface area contributed by atoms with Crippen LogP contribution in [0.3, 0.4) is 0 Å². The molecule has 0 aromatic carbocycles. The summed E-state index contributed by atoms with van der Waals surface area (Å²) in [6, 6.07) is 7.03. The number of anilines is 1. The number of amides is 1. The number of halogens is 1. The van der Waals surface area contributed by atoms with Crippen molar-refractivity contribution in [3.63, 3.8) is 0 Å². The first-order valence-corrected chi connectivity index (χ1v) is 13.5. The summed E-state index contributed by atoms with van der Waals surface area (Å²) in [4.78, 5) is 46.3. The average molecular weight is 555 g/mol. The maximum absolute atomic E-state index is 16.1. The van der Waals surface area contributed by atoms with Crippen LogP contribution in [0.25, 0.3) is 55.3 Å². The first-order valence-electron chi connectivity index (χ1n) is 12.7. The fraction of sp³-hybridized carbons (Fsp3) is 0.179. The number of nitrogens with zero attached hydrogens (tertiary/aromatic N) is 5. The molecule has 0 atom stereocenters. The first kappa shape index (κ1) is 25.4. The van der Waals surface area contributed by atoms with Gasteiger partial charge in [0.15, 0.2) is 17.4 Å². The summed E-state index contributed by atoms with van der Waals surface area (Å²) in [5.41, 5.74) is 3.52. The molecule has 0 unspecified atom stereocenters. The molecule has 0 fully saturated rings. The lowest BCUT2D eigenvalue weighted by Gasteiger charge is -2.08. The summed E-state index contributed by atoms with van der Waals surface area (Å²) >= 11 is 1.34. The van der Waals surface area contributed by atoms with Crippen LogP contribution >= 0.6 is 11.3 Å². The lowest BCUT2D eigenvalue weighted by molar-refractivity contribution is -0.116. The van der Waals surface area contributed by atoms with Crippen LogP contribution in [-0.2, 0) is 4.79 Å². The second-order valence-electron chi connectivity index (χ2n) is 9.26. The van der Waals surface area contributed by atoms with E-state index in [1.807, 2.05) is 13.0 Å². The number of hydrogen-bond acceptors (Lipinski definition) is 8. The molecule has 200 valence electrons. The van der Waals surface area contributed by atoms with Gasteiger partial charge in [-0.15, -0.1) is 11.3 Å². The predicted octanol–water partition coefficient (Wildman–Crippen LogP) is 6.16. The van der Waals surface area contributed by atoms with Gasteiger partial charge in [0.05, 0.1) is 44.3 Å². The molecule has 6 aromatic heterocycles. The predicted molar refractivity (Wildman–Crippen MR) is 151 cm³/mol. The highest BCUT2D eigenvalue weighted by molar-refractivity contribution is 7.17. The number of thiophene rings is 1. The van der Waals surface area contributed by atoms with Crippen LogP contribution in [0.15, 0.2) is 49.1 Å². The van der Waals surface area contributed by atoms with Crippen LogP contribution in [0.4, 0.5) is 10.1 Å². The zero-order valence-electron chi connectivity index (χ0n) is 21.6. The summed E-state index contributed by atoms with van der Waals surface area (Å²) < 4.78 is 16.1. The lowest BCUT2D eigenvalue weighted by atomic mass is 10.1. The highest BCUT2D eigenvalue weighted by Crippen LogP contribution is 2.35. The zero-order chi connectivity index (χ0) is 27.8. The molecule has 0 aliphatic heterocycles. The molecule has 6 rings (SSSR count). The summed E-state index contributed by atoms with van der Waals surface area (Å²) in [5.74, 6) is -0.389. The van der Waals surface area contributed by atoms with Gasteiger partial charge in [-0.3, -0.25) is 29.6 Å². The van der Waals surface area contributed by atoms with Crippen molar-refractivity contribution in [2.45, 2.75) is 33.1 Å². The van der Waals surface area contributed by atoms with E-state index in [4.69, 9.17) is 4.98 Å². The van der Waals surface area contributed by atoms with Crippen LogP contribution in [0.2, 0.25) is 0 Å². The Labute approximate surface area is 231 Å². The fourth-order valence-corrected chi connectivity index (χ4v) is 5.33. The van der Waals surface area contributed by atoms with Crippen molar-refractivity contribution in [3.8, 4) is 33.3 Å². The van der Waals surface area contributed by atoms with E-state index in [0.717, 1.165) is 17.7 Å². The maximum atomic E-state index is 16.1. The van der Waals surface area contributed by atoms with Crippen LogP contribution in [0.5, 0.6) is 0 Å². The standard InChI is InChI=1S/C28H23FN8O2S/c1-3-4-5-21(39)33-16-10-15(11-30-12-16)24-23(29)22-18(13-32-24)36-37-27(22)28-34-17-8-9-31-26(25(17)35-28)20-7-6-19(40-20)14(2)38/h6-13H,3-5H2,1-2H3,(H,33,39)(H,34,35)(H,36,37). The third kappa shape index (κ3) is 4.62. The third-order valence-electron chi connectivity index (χ3n) is 6.41. The molecule has 0 radical (unpaired) electrons. The number of pyridine rings is 3. The highest BCUT2D eigenvalue weighted by Gasteiger charge is 2.22. The molecule has 0 aliphatic carbocycles. The Kier molecular flexibility index (Phi) is 6.60. The van der Waals surface area contributed by atoms with Crippen LogP contribution in [-0.4, -0.2) is 46.8 Å². The Morgan fingerprint density at radius 3 is 2.73 bits per heavy atom. The molecule has 12 heteroatoms. The number of fused-ring (bicyclic) bond motifs is 2. The minimum absolute atomic E-state index is 0.0198. The molecule has 0 saturated heterocycles. The largest absolute Gasteiger partial charge is 0.336 e. The van der Waals surface area contributed by atoms with Gasteiger partial charge in [0.25, 0.3) is 0 Å². The van der Waals surface area contributed by atoms with Gasteiger partial charge in [-0.05, 0) is 37.6 Å². The van der Waals surface area contributed by atoms with E-state index >= 15 is 4.39 Å². The van der Waals surface area contributed by atoms with Gasteiger partial charge in [-0.1, -0.05) is 13.3 Å². The molecule has 3 N–H and O–H groups in total. The lowest BCUT2D eigenvalue weighted by Crippen LogP contribution is -2.11. The van der Waals surface area contributed by atoms with E-state index in [2.05, 4.69) is 35.5 Å². The van der Waals surface area contributed by atoms with Gasteiger partial charge in [0, 0.05) is 24.4 Å². The average Bonchev–Trinajstić information content (AvgIpc) is 3.70. The van der Waals surface area contributed by atoms with E-state index in [0.29, 0.717) is 50.6 Å². The number of hydrogen-bond donors (Lipinski definition) is 3. The Hall–Kier alpha value is -4.84. The van der Waals surface area contributed by atoms with Crippen molar-refractivity contribution in [2.75, 3.05) is 5.32 Å². The molecule has 6 aromatic rings. The molecular formula is C28H23FN8O2S. The van der Waals surface area contributed by atoms with Gasteiger partial charge in [-0.2, -0.15) is 5.10 Å². The normalized spacial score (nSPS) is 11.4. The van der Waals surface area contributed by atoms with E-state index in [9.17, 15) is 9.59 Å². The Morgan fingerprint density at radius 2 is 1.93 bits per heavy atom. The van der Waals surface area contributed by atoms with Crippen molar-refractivity contribution in [2.24, 2.45) is 0 Å². The number of aromatic nitrogens is 7. The Balaban J connectivity index is 1.40. The van der Waals surface area contributed by atoms with Gasteiger partial charge in [0.2, 0.25) is 5.91 Å². The van der Waals surface area contributed by atoms with Crippen molar-refractivity contribution < 1.29 is 14.0 Å². The second kappa shape index (κ2) is 10.4. The number of nitrogens with one attached hydrogen (secondary N) is 3. The van der Waals surface area contributed by atoms with Crippen LogP contribution in [0, 0.1) is 5.82 Å². The van der Waals surface area contributed by atoms with E-state index < -0.39 is 5.82 Å². The Bertz CT molecular complexity index is 1910. The van der Waals surface area contributed by atoms with Crippen molar-refractivity contribution >= 4 is 50.7 Å². The second-order valence-corrected chi connectivity index (χ2v) is 10.3. The van der Waals surface area contributed by atoms with E-state index in [1.54, 1.807) is 24.4 Å². The molecule has 1 amide bonds. The maximum Gasteiger partial charge on any atom is 0.224 e. The quantitative estimate of drug-likeness (QED) is 0.191. The van der Waals surface area contributed by atoms with Crippen LogP contribution < -0.4 is 5.32 Å². The van der Waals surface area contributed by atoms with Crippen LogP contribution in [0.1, 0.15) is 42.8 Å². The SMILES string of the molecule is CCCCC(=O)Nc1cncc(-c2ncc3[nH]nc(-c4nc5c(-c6ccc(C(C)=O)s6)nccc5[nH]4)c3c2F)c1. The number of Topliss-reactive ketones (excluding diaryl/α,β-unsaturated/α-hetero) is 1. The number of unbranched alkanes of at least 4 members (excludes halogenated alkanes) is 1. The number of aromatic amines is 2. The summed E-state index contributed by atoms with van der Waals surface area (Å²) in [6.45, 7) is 3.53. The number of carbonyl (C=O) groups is 2. The number of rotatable bonds is 8. The minimum Gasteiger partial charge on any atom is -0.336 e. The van der Waals surface area contributed by atoms with Gasteiger partial charge < -0.3 is 10.3 Å². The van der Waals surface area contributed by atoms with Crippen molar-refractivity contribution in [1.29, 1.82) is 0 Å². The van der Waals surface area contributed by atoms with E-state index in [-0.39, 0.29) is 28.5 Å². The van der Waals surface area contributed by atoms with E-state index in [1.165, 1.54) is 36.9 Å². The van der Waals surface area contributed by atoms with Gasteiger partial charge >= 0.3 is 0 Å². The topological polar surface area (TPSA) is 142 Å². The molecule has 40 heavy (non-hydrogen) atoms.